The van der Waals surface area contributed by atoms with Crippen LogP contribution >= 0.6 is 0 Å². The second kappa shape index (κ2) is 6.36. The predicted octanol–water partition coefficient (Wildman–Crippen LogP) is 1.93. The molecule has 0 bridgehead atoms. The van der Waals surface area contributed by atoms with Crippen LogP contribution in [0.2, 0.25) is 0 Å². The molecule has 0 aromatic carbocycles. The normalized spacial score (nSPS) is 14.7. The Morgan fingerprint density at radius 3 is 2.18 bits per heavy atom. The zero-order valence-electron chi connectivity index (χ0n) is 11.8. The Labute approximate surface area is 104 Å². The maximum atomic E-state index is 10.5. The molecule has 4 heteroatoms. The number of carboxylic acids is 1. The van der Waals surface area contributed by atoms with E-state index in [0.717, 1.165) is 6.42 Å². The number of carboxylic acid groups (broad SMARTS) is 1. The monoisotopic (exact) mass is 245 g/mol. The van der Waals surface area contributed by atoms with Crippen LogP contribution in [0.5, 0.6) is 0 Å². The van der Waals surface area contributed by atoms with Gasteiger partial charge in [0.25, 0.3) is 0 Å². The fourth-order valence-corrected chi connectivity index (χ4v) is 1.72. The standard InChI is InChI=1S/C13H26O4/c1-10(7-11(14)15)8-13(5,6)9-16-17-12(2,3)4/h10H,7-9H2,1-6H3,(H,14,15)/p-1. The van der Waals surface area contributed by atoms with Gasteiger partial charge >= 0.3 is 0 Å². The fraction of sp³-hybridized carbons (Fsp3) is 0.923. The van der Waals surface area contributed by atoms with E-state index in [1.807, 2.05) is 41.5 Å². The highest BCUT2D eigenvalue weighted by Gasteiger charge is 2.23. The first-order valence-corrected chi connectivity index (χ1v) is 6.02. The van der Waals surface area contributed by atoms with Crippen molar-refractivity contribution in [1.82, 2.24) is 0 Å². The third kappa shape index (κ3) is 10.3. The average molecular weight is 245 g/mol. The molecule has 0 aliphatic carbocycles. The van der Waals surface area contributed by atoms with Gasteiger partial charge in [-0.05, 0) is 44.9 Å². The highest BCUT2D eigenvalue weighted by Crippen LogP contribution is 2.27. The maximum absolute atomic E-state index is 10.5. The summed E-state index contributed by atoms with van der Waals surface area (Å²) >= 11 is 0. The van der Waals surface area contributed by atoms with E-state index >= 15 is 0 Å². The van der Waals surface area contributed by atoms with Crippen LogP contribution in [0.4, 0.5) is 0 Å². The van der Waals surface area contributed by atoms with Crippen molar-refractivity contribution in [1.29, 1.82) is 0 Å². The van der Waals surface area contributed by atoms with E-state index in [4.69, 9.17) is 9.78 Å². The molecule has 0 aliphatic heterocycles. The molecule has 4 nitrogen and oxygen atoms in total. The minimum atomic E-state index is -1.000. The van der Waals surface area contributed by atoms with Gasteiger partial charge in [-0.15, -0.1) is 0 Å². The highest BCUT2D eigenvalue weighted by atomic mass is 17.2. The number of hydrogen-bond donors (Lipinski definition) is 0. The van der Waals surface area contributed by atoms with Gasteiger partial charge in [0.1, 0.15) is 0 Å². The molecule has 0 aromatic rings. The molecule has 0 heterocycles. The molecule has 0 rings (SSSR count). The second-order valence-corrected chi connectivity index (χ2v) is 6.51. The average Bonchev–Trinajstić information content (AvgIpc) is 1.96. The van der Waals surface area contributed by atoms with E-state index in [9.17, 15) is 9.90 Å². The summed E-state index contributed by atoms with van der Waals surface area (Å²) < 4.78 is 0. The molecule has 0 saturated carbocycles. The number of carbonyl (C=O) groups excluding carboxylic acids is 1. The molecule has 0 fully saturated rings. The van der Waals surface area contributed by atoms with Crippen molar-refractivity contribution >= 4 is 5.97 Å². The van der Waals surface area contributed by atoms with Crippen molar-refractivity contribution in [3.8, 4) is 0 Å². The predicted molar refractivity (Wildman–Crippen MR) is 64.0 cm³/mol. The van der Waals surface area contributed by atoms with Crippen LogP contribution in [0.15, 0.2) is 0 Å². The van der Waals surface area contributed by atoms with Crippen LogP contribution in [0.25, 0.3) is 0 Å². The number of aliphatic carboxylic acids is 1. The van der Waals surface area contributed by atoms with Crippen molar-refractivity contribution in [3.05, 3.63) is 0 Å². The molecular formula is C13H25O4-. The van der Waals surface area contributed by atoms with E-state index < -0.39 is 5.97 Å². The van der Waals surface area contributed by atoms with Gasteiger partial charge in [0.05, 0.1) is 12.2 Å². The number of rotatable bonds is 7. The summed E-state index contributed by atoms with van der Waals surface area (Å²) in [5, 5.41) is 10.5. The van der Waals surface area contributed by atoms with Crippen molar-refractivity contribution in [2.75, 3.05) is 6.61 Å². The molecule has 102 valence electrons. The van der Waals surface area contributed by atoms with E-state index in [1.54, 1.807) is 0 Å². The molecule has 17 heavy (non-hydrogen) atoms. The Hall–Kier alpha value is -0.610. The van der Waals surface area contributed by atoms with Crippen LogP contribution in [-0.2, 0) is 14.6 Å². The van der Waals surface area contributed by atoms with E-state index in [1.165, 1.54) is 0 Å². The Balaban J connectivity index is 3.98. The van der Waals surface area contributed by atoms with E-state index in [-0.39, 0.29) is 23.4 Å². The summed E-state index contributed by atoms with van der Waals surface area (Å²) in [6.45, 7) is 12.2. The summed E-state index contributed by atoms with van der Waals surface area (Å²) in [5.74, 6) is -0.923. The lowest BCUT2D eigenvalue weighted by Crippen LogP contribution is -2.29. The molecule has 0 aliphatic rings. The van der Waals surface area contributed by atoms with Crippen LogP contribution in [0.1, 0.15) is 54.4 Å². The van der Waals surface area contributed by atoms with Crippen molar-refractivity contribution in [3.63, 3.8) is 0 Å². The Bertz CT molecular complexity index is 240. The van der Waals surface area contributed by atoms with E-state index in [2.05, 4.69) is 0 Å². The SMILES string of the molecule is CC(CC(=O)[O-])CC(C)(C)COOC(C)(C)C. The molecule has 0 N–H and O–H groups in total. The second-order valence-electron chi connectivity index (χ2n) is 6.51. The summed E-state index contributed by atoms with van der Waals surface area (Å²) in [4.78, 5) is 20.9. The van der Waals surface area contributed by atoms with Gasteiger partial charge < -0.3 is 9.90 Å². The zero-order valence-corrected chi connectivity index (χ0v) is 11.8. The van der Waals surface area contributed by atoms with Gasteiger partial charge in [-0.2, -0.15) is 0 Å². The molecule has 0 aromatic heterocycles. The quantitative estimate of drug-likeness (QED) is 0.508. The van der Waals surface area contributed by atoms with Crippen molar-refractivity contribution in [2.45, 2.75) is 60.0 Å². The van der Waals surface area contributed by atoms with Gasteiger partial charge in [-0.1, -0.05) is 20.8 Å². The number of carbonyl (C=O) groups is 1. The van der Waals surface area contributed by atoms with Crippen LogP contribution in [0, 0.1) is 11.3 Å². The van der Waals surface area contributed by atoms with E-state index in [0.29, 0.717) is 6.61 Å². The van der Waals surface area contributed by atoms with Crippen molar-refractivity contribution < 1.29 is 19.7 Å². The van der Waals surface area contributed by atoms with Crippen LogP contribution < -0.4 is 5.11 Å². The summed E-state index contributed by atoms with van der Waals surface area (Å²) in [7, 11) is 0. The Morgan fingerprint density at radius 2 is 1.76 bits per heavy atom. The third-order valence-corrected chi connectivity index (χ3v) is 2.17. The lowest BCUT2D eigenvalue weighted by Gasteiger charge is -2.29. The molecular weight excluding hydrogens is 220 g/mol. The van der Waals surface area contributed by atoms with Gasteiger partial charge in [0.15, 0.2) is 0 Å². The first-order chi connectivity index (χ1) is 7.52. The minimum Gasteiger partial charge on any atom is -0.550 e. The van der Waals surface area contributed by atoms with Crippen LogP contribution in [-0.4, -0.2) is 18.2 Å². The Morgan fingerprint density at radius 1 is 1.24 bits per heavy atom. The fourth-order valence-electron chi connectivity index (χ4n) is 1.72. The van der Waals surface area contributed by atoms with Crippen LogP contribution in [0.3, 0.4) is 0 Å². The minimum absolute atomic E-state index is 0.0771. The molecule has 0 amide bonds. The topological polar surface area (TPSA) is 58.6 Å². The van der Waals surface area contributed by atoms with Gasteiger partial charge in [-0.3, -0.25) is 0 Å². The molecule has 0 saturated heterocycles. The first-order valence-electron chi connectivity index (χ1n) is 6.02. The van der Waals surface area contributed by atoms with Gasteiger partial charge in [0, 0.05) is 5.97 Å². The largest absolute Gasteiger partial charge is 0.550 e. The van der Waals surface area contributed by atoms with Crippen molar-refractivity contribution in [2.24, 2.45) is 11.3 Å². The molecule has 1 unspecified atom stereocenters. The molecule has 0 radical (unpaired) electrons. The maximum Gasteiger partial charge on any atom is 0.0952 e. The van der Waals surface area contributed by atoms with Gasteiger partial charge in [0.2, 0.25) is 0 Å². The highest BCUT2D eigenvalue weighted by molar-refractivity contribution is 5.64. The third-order valence-electron chi connectivity index (χ3n) is 2.17. The summed E-state index contributed by atoms with van der Waals surface area (Å²) in [5.41, 5.74) is -0.438. The summed E-state index contributed by atoms with van der Waals surface area (Å²) in [6, 6.07) is 0. The number of hydrogen-bond acceptors (Lipinski definition) is 4. The Kier molecular flexibility index (Phi) is 6.13. The lowest BCUT2D eigenvalue weighted by atomic mass is 9.83. The zero-order chi connectivity index (χ0) is 13.7. The summed E-state index contributed by atoms with van der Waals surface area (Å²) in [6.07, 6.45) is 0.845. The molecule has 0 spiro atoms. The molecule has 1 atom stereocenters. The lowest BCUT2D eigenvalue weighted by molar-refractivity contribution is -0.359. The smallest absolute Gasteiger partial charge is 0.0952 e. The first kappa shape index (κ1) is 16.4. The van der Waals surface area contributed by atoms with Gasteiger partial charge in [-0.25, -0.2) is 9.78 Å².